The van der Waals surface area contributed by atoms with Crippen molar-refractivity contribution in [2.24, 2.45) is 0 Å². The molecule has 0 fully saturated rings. The number of rotatable bonds is 4. The van der Waals surface area contributed by atoms with Gasteiger partial charge < -0.3 is 8.92 Å². The van der Waals surface area contributed by atoms with Crippen molar-refractivity contribution in [3.8, 4) is 11.8 Å². The first-order valence-corrected chi connectivity index (χ1v) is 11.4. The number of carbonyl (C=O) groups is 1. The highest BCUT2D eigenvalue weighted by atomic mass is 32.2. The minimum Gasteiger partial charge on any atom is -0.462 e. The van der Waals surface area contributed by atoms with E-state index >= 15 is 0 Å². The van der Waals surface area contributed by atoms with Gasteiger partial charge in [-0.2, -0.15) is 21.6 Å². The van der Waals surface area contributed by atoms with Crippen molar-refractivity contribution >= 4 is 21.8 Å². The van der Waals surface area contributed by atoms with E-state index in [2.05, 4.69) is 16.0 Å². The average Bonchev–Trinajstić information content (AvgIpc) is 2.74. The van der Waals surface area contributed by atoms with Gasteiger partial charge in [-0.05, 0) is 66.8 Å². The summed E-state index contributed by atoms with van der Waals surface area (Å²) in [5.41, 5.74) is -3.62. The first kappa shape index (κ1) is 24.4. The molecule has 0 saturated heterocycles. The van der Waals surface area contributed by atoms with Gasteiger partial charge in [-0.3, -0.25) is 0 Å². The van der Waals surface area contributed by atoms with Crippen molar-refractivity contribution in [2.45, 2.75) is 38.1 Å². The largest absolute Gasteiger partial charge is 0.534 e. The Hall–Kier alpha value is -3.25. The fraction of sp³-hybridized carbons (Fsp3) is 0.292. The van der Waals surface area contributed by atoms with E-state index in [1.807, 2.05) is 13.8 Å². The second kappa shape index (κ2) is 8.94. The number of allylic oxidation sites excluding steroid dienone is 1. The first-order chi connectivity index (χ1) is 15.3. The van der Waals surface area contributed by atoms with Gasteiger partial charge in [0.15, 0.2) is 0 Å². The molecule has 0 heterocycles. The summed E-state index contributed by atoms with van der Waals surface area (Å²) in [7, 11) is -5.80. The fourth-order valence-electron chi connectivity index (χ4n) is 3.28. The van der Waals surface area contributed by atoms with Crippen LogP contribution in [0.3, 0.4) is 0 Å². The summed E-state index contributed by atoms with van der Waals surface area (Å²) in [4.78, 5) is 11.7. The normalized spacial score (nSPS) is 14.9. The lowest BCUT2D eigenvalue weighted by atomic mass is 9.75. The van der Waals surface area contributed by atoms with Crippen LogP contribution in [0.5, 0.6) is 0 Å². The summed E-state index contributed by atoms with van der Waals surface area (Å²) in [6.45, 7) is 5.77. The zero-order chi connectivity index (χ0) is 24.4. The van der Waals surface area contributed by atoms with Crippen LogP contribution in [0.1, 0.15) is 59.8 Å². The third kappa shape index (κ3) is 5.40. The maximum atomic E-state index is 12.8. The molecule has 33 heavy (non-hydrogen) atoms. The van der Waals surface area contributed by atoms with Crippen molar-refractivity contribution in [3.63, 3.8) is 0 Å². The summed E-state index contributed by atoms with van der Waals surface area (Å²) >= 11 is 0. The molecule has 1 aliphatic rings. The number of fused-ring (bicyclic) bond motifs is 1. The van der Waals surface area contributed by atoms with Gasteiger partial charge in [0.25, 0.3) is 0 Å². The number of carbonyl (C=O) groups excluding carboxylic acids is 1. The summed E-state index contributed by atoms with van der Waals surface area (Å²) in [5, 5.41) is 0. The van der Waals surface area contributed by atoms with Gasteiger partial charge in [0, 0.05) is 16.7 Å². The van der Waals surface area contributed by atoms with Crippen LogP contribution in [0.4, 0.5) is 13.2 Å². The molecule has 174 valence electrons. The Labute approximate surface area is 190 Å². The Morgan fingerprint density at radius 1 is 1.06 bits per heavy atom. The van der Waals surface area contributed by atoms with Gasteiger partial charge in [0.05, 0.1) is 12.2 Å². The fourth-order valence-corrected chi connectivity index (χ4v) is 3.77. The Morgan fingerprint density at radius 3 is 2.27 bits per heavy atom. The molecule has 3 rings (SSSR count). The maximum absolute atomic E-state index is 12.8. The number of halogens is 3. The molecule has 0 saturated carbocycles. The van der Waals surface area contributed by atoms with Gasteiger partial charge in [-0.25, -0.2) is 4.79 Å². The number of esters is 1. The highest BCUT2D eigenvalue weighted by molar-refractivity contribution is 7.87. The molecule has 2 aromatic carbocycles. The molecule has 0 atom stereocenters. The van der Waals surface area contributed by atoms with Gasteiger partial charge in [0.2, 0.25) is 0 Å². The van der Waals surface area contributed by atoms with Crippen molar-refractivity contribution in [1.29, 1.82) is 0 Å². The Morgan fingerprint density at radius 2 is 1.67 bits per heavy atom. The molecule has 0 radical (unpaired) electrons. The highest BCUT2D eigenvalue weighted by Crippen LogP contribution is 2.41. The molecule has 2 aromatic rings. The van der Waals surface area contributed by atoms with E-state index in [0.29, 0.717) is 28.7 Å². The summed E-state index contributed by atoms with van der Waals surface area (Å²) < 4.78 is 71.0. The Bertz CT molecular complexity index is 1260. The number of alkyl halides is 3. The van der Waals surface area contributed by atoms with Crippen LogP contribution < -0.4 is 0 Å². The molecule has 0 aliphatic heterocycles. The van der Waals surface area contributed by atoms with Crippen LogP contribution in [-0.2, 0) is 24.5 Å². The minimum atomic E-state index is -5.80. The summed E-state index contributed by atoms with van der Waals surface area (Å²) in [6.07, 6.45) is 1.65. The lowest BCUT2D eigenvalue weighted by Gasteiger charge is -2.31. The monoisotopic (exact) mass is 478 g/mol. The van der Waals surface area contributed by atoms with Crippen molar-refractivity contribution < 1.29 is 35.3 Å². The quantitative estimate of drug-likeness (QED) is 0.263. The molecule has 9 heteroatoms. The number of hydrogen-bond donors (Lipinski definition) is 0. The van der Waals surface area contributed by atoms with Crippen molar-refractivity contribution in [1.82, 2.24) is 0 Å². The van der Waals surface area contributed by atoms with Crippen LogP contribution in [0.15, 0.2) is 48.5 Å². The maximum Gasteiger partial charge on any atom is 0.534 e. The molecule has 0 unspecified atom stereocenters. The molecule has 0 spiro atoms. The molecule has 1 aliphatic carbocycles. The summed E-state index contributed by atoms with van der Waals surface area (Å²) in [5.74, 6) is 5.01. The first-order valence-electron chi connectivity index (χ1n) is 9.99. The molecular formula is C24H21F3O5S. The van der Waals surface area contributed by atoms with Crippen LogP contribution >= 0.6 is 0 Å². The van der Waals surface area contributed by atoms with E-state index in [0.717, 1.165) is 0 Å². The Balaban J connectivity index is 1.93. The van der Waals surface area contributed by atoms with Gasteiger partial charge >= 0.3 is 21.6 Å². The molecule has 0 aromatic heterocycles. The third-order valence-electron chi connectivity index (χ3n) is 5.04. The van der Waals surface area contributed by atoms with E-state index in [-0.39, 0.29) is 17.9 Å². The lowest BCUT2D eigenvalue weighted by molar-refractivity contribution is -0.0509. The van der Waals surface area contributed by atoms with Gasteiger partial charge in [-0.1, -0.05) is 31.8 Å². The third-order valence-corrected chi connectivity index (χ3v) is 6.01. The SMILES string of the molecule is CCOC(=O)c1ccc(C#Cc2ccc3c(c2)C(OS(=O)(=O)C(F)(F)F)=CCC3(C)C)cc1. The molecule has 0 bridgehead atoms. The van der Waals surface area contributed by atoms with Crippen LogP contribution in [0.25, 0.3) is 5.76 Å². The minimum absolute atomic E-state index is 0.239. The number of hydrogen-bond acceptors (Lipinski definition) is 5. The van der Waals surface area contributed by atoms with Crippen LogP contribution in [0.2, 0.25) is 0 Å². The van der Waals surface area contributed by atoms with Crippen LogP contribution in [0, 0.1) is 11.8 Å². The molecule has 0 N–H and O–H groups in total. The number of benzene rings is 2. The Kier molecular flexibility index (Phi) is 6.61. The van der Waals surface area contributed by atoms with Gasteiger partial charge in [0.1, 0.15) is 5.76 Å². The lowest BCUT2D eigenvalue weighted by Crippen LogP contribution is -2.27. The van der Waals surface area contributed by atoms with Crippen LogP contribution in [-0.4, -0.2) is 26.5 Å². The average molecular weight is 478 g/mol. The predicted octanol–water partition coefficient (Wildman–Crippen LogP) is 5.15. The zero-order valence-electron chi connectivity index (χ0n) is 18.1. The van der Waals surface area contributed by atoms with E-state index in [4.69, 9.17) is 4.74 Å². The topological polar surface area (TPSA) is 69.7 Å². The smallest absolute Gasteiger partial charge is 0.462 e. The number of ether oxygens (including phenoxy) is 1. The summed E-state index contributed by atoms with van der Waals surface area (Å²) in [6, 6.07) is 11.4. The molecular weight excluding hydrogens is 457 g/mol. The second-order valence-corrected chi connectivity index (χ2v) is 9.49. The van der Waals surface area contributed by atoms with Gasteiger partial charge in [-0.15, -0.1) is 0 Å². The van der Waals surface area contributed by atoms with Crippen molar-refractivity contribution in [3.05, 3.63) is 76.4 Å². The predicted molar refractivity (Wildman–Crippen MR) is 117 cm³/mol. The molecule has 0 amide bonds. The highest BCUT2D eigenvalue weighted by Gasteiger charge is 2.49. The van der Waals surface area contributed by atoms with E-state index in [1.54, 1.807) is 43.3 Å². The van der Waals surface area contributed by atoms with Crippen molar-refractivity contribution in [2.75, 3.05) is 6.61 Å². The standard InChI is InChI=1S/C24H21F3O5S/c1-4-31-22(28)18-10-7-16(8-11-18)5-6-17-9-12-20-19(15-17)21(13-14-23(20,2)3)32-33(29,30)24(25,26)27/h7-13,15H,4,14H2,1-3H3. The second-order valence-electron chi connectivity index (χ2n) is 7.95. The van der Waals surface area contributed by atoms with E-state index in [9.17, 15) is 26.4 Å². The van der Waals surface area contributed by atoms with E-state index < -0.39 is 27.0 Å². The zero-order valence-corrected chi connectivity index (χ0v) is 18.9. The molecule has 5 nitrogen and oxygen atoms in total. The van der Waals surface area contributed by atoms with E-state index in [1.165, 1.54) is 12.1 Å².